The molecular formula is C21H31NO5. The number of hydrogen-bond donors (Lipinski definition) is 0. The predicted octanol–water partition coefficient (Wildman–Crippen LogP) is 4.00. The van der Waals surface area contributed by atoms with Crippen LogP contribution in [0.1, 0.15) is 55.4 Å². The van der Waals surface area contributed by atoms with Crippen molar-refractivity contribution in [1.29, 1.82) is 0 Å². The fourth-order valence-electron chi connectivity index (χ4n) is 2.04. The van der Waals surface area contributed by atoms with Crippen LogP contribution in [0.25, 0.3) is 0 Å². The molecule has 0 heterocycles. The standard InChI is InChI=1S/C21H31NO5/c1-14(2)22(11-12-23)15-9-10-16(26-18(24)20(3,4)5)17(13-15)27-19(25)21(6,7)8/h9-10,12-14H,11H2,1-8H3. The first-order valence-corrected chi connectivity index (χ1v) is 9.06. The van der Waals surface area contributed by atoms with Gasteiger partial charge in [-0.3, -0.25) is 9.59 Å². The van der Waals surface area contributed by atoms with Gasteiger partial charge >= 0.3 is 11.9 Å². The van der Waals surface area contributed by atoms with Crippen molar-refractivity contribution in [1.82, 2.24) is 0 Å². The highest BCUT2D eigenvalue weighted by molar-refractivity contribution is 5.82. The lowest BCUT2D eigenvalue weighted by molar-refractivity contribution is -0.145. The van der Waals surface area contributed by atoms with Crippen LogP contribution in [0.3, 0.4) is 0 Å². The minimum atomic E-state index is -0.720. The molecule has 1 aromatic rings. The first kappa shape index (κ1) is 22.7. The molecule has 0 aromatic heterocycles. The minimum Gasteiger partial charge on any atom is -0.422 e. The molecule has 0 atom stereocenters. The van der Waals surface area contributed by atoms with Gasteiger partial charge in [0.05, 0.1) is 17.4 Å². The lowest BCUT2D eigenvalue weighted by Crippen LogP contribution is -2.32. The lowest BCUT2D eigenvalue weighted by Gasteiger charge is -2.28. The smallest absolute Gasteiger partial charge is 0.316 e. The van der Waals surface area contributed by atoms with Gasteiger partial charge in [0.25, 0.3) is 0 Å². The zero-order valence-electron chi connectivity index (χ0n) is 17.6. The van der Waals surface area contributed by atoms with Crippen LogP contribution in [0.4, 0.5) is 5.69 Å². The van der Waals surface area contributed by atoms with Crippen molar-refractivity contribution >= 4 is 23.9 Å². The van der Waals surface area contributed by atoms with Gasteiger partial charge in [0.1, 0.15) is 6.29 Å². The van der Waals surface area contributed by atoms with E-state index in [1.807, 2.05) is 18.7 Å². The van der Waals surface area contributed by atoms with Crippen LogP contribution in [0.5, 0.6) is 11.5 Å². The molecule has 0 spiro atoms. The monoisotopic (exact) mass is 377 g/mol. The highest BCUT2D eigenvalue weighted by Gasteiger charge is 2.28. The van der Waals surface area contributed by atoms with Crippen molar-refractivity contribution < 1.29 is 23.9 Å². The molecule has 0 amide bonds. The molecule has 0 bridgehead atoms. The van der Waals surface area contributed by atoms with Gasteiger partial charge in [-0.05, 0) is 67.5 Å². The Morgan fingerprint density at radius 3 is 1.85 bits per heavy atom. The van der Waals surface area contributed by atoms with E-state index in [1.54, 1.807) is 59.7 Å². The molecule has 1 rings (SSSR count). The first-order valence-electron chi connectivity index (χ1n) is 9.06. The molecule has 27 heavy (non-hydrogen) atoms. The second-order valence-electron chi connectivity index (χ2n) is 8.82. The van der Waals surface area contributed by atoms with Crippen LogP contribution in [0, 0.1) is 10.8 Å². The number of esters is 2. The van der Waals surface area contributed by atoms with E-state index >= 15 is 0 Å². The van der Waals surface area contributed by atoms with Gasteiger partial charge < -0.3 is 19.2 Å². The number of nitrogens with zero attached hydrogens (tertiary/aromatic N) is 1. The summed E-state index contributed by atoms with van der Waals surface area (Å²) in [6.45, 7) is 14.6. The van der Waals surface area contributed by atoms with Crippen molar-refractivity contribution in [2.75, 3.05) is 11.4 Å². The SMILES string of the molecule is CC(C)N(CC=O)c1ccc(OC(=O)C(C)(C)C)c(OC(=O)C(C)(C)C)c1. The number of carbonyl (C=O) groups is 3. The number of anilines is 1. The summed E-state index contributed by atoms with van der Waals surface area (Å²) in [6.07, 6.45) is 0.814. The van der Waals surface area contributed by atoms with Crippen LogP contribution in [0.15, 0.2) is 18.2 Å². The van der Waals surface area contributed by atoms with E-state index in [2.05, 4.69) is 0 Å². The summed E-state index contributed by atoms with van der Waals surface area (Å²) in [5, 5.41) is 0. The molecule has 0 fully saturated rings. The molecule has 6 nitrogen and oxygen atoms in total. The quantitative estimate of drug-likeness (QED) is 0.424. The van der Waals surface area contributed by atoms with Gasteiger partial charge in [0, 0.05) is 17.8 Å². The van der Waals surface area contributed by atoms with Crippen molar-refractivity contribution in [3.05, 3.63) is 18.2 Å². The van der Waals surface area contributed by atoms with Gasteiger partial charge in [-0.15, -0.1) is 0 Å². The molecule has 0 radical (unpaired) electrons. The van der Waals surface area contributed by atoms with E-state index in [0.29, 0.717) is 5.69 Å². The van der Waals surface area contributed by atoms with Gasteiger partial charge in [0.15, 0.2) is 11.5 Å². The number of hydrogen-bond acceptors (Lipinski definition) is 6. The topological polar surface area (TPSA) is 72.9 Å². The summed E-state index contributed by atoms with van der Waals surface area (Å²) in [5.74, 6) is -0.552. The Labute approximate surface area is 161 Å². The second-order valence-corrected chi connectivity index (χ2v) is 8.82. The minimum absolute atomic E-state index is 0.0596. The van der Waals surface area contributed by atoms with Gasteiger partial charge in [-0.1, -0.05) is 0 Å². The highest BCUT2D eigenvalue weighted by atomic mass is 16.6. The van der Waals surface area contributed by atoms with E-state index in [-0.39, 0.29) is 24.1 Å². The van der Waals surface area contributed by atoms with Crippen molar-refractivity contribution in [3.8, 4) is 11.5 Å². The Balaban J connectivity index is 3.35. The third-order valence-corrected chi connectivity index (χ3v) is 3.78. The summed E-state index contributed by atoms with van der Waals surface area (Å²) in [5.41, 5.74) is -0.725. The molecule has 150 valence electrons. The van der Waals surface area contributed by atoms with Crippen molar-refractivity contribution in [2.24, 2.45) is 10.8 Å². The average molecular weight is 377 g/mol. The second kappa shape index (κ2) is 8.55. The molecule has 0 unspecified atom stereocenters. The average Bonchev–Trinajstić information content (AvgIpc) is 2.52. The predicted molar refractivity (Wildman–Crippen MR) is 105 cm³/mol. The number of rotatable bonds is 6. The zero-order valence-corrected chi connectivity index (χ0v) is 17.6. The van der Waals surface area contributed by atoms with Crippen molar-refractivity contribution in [2.45, 2.75) is 61.4 Å². The maximum Gasteiger partial charge on any atom is 0.316 e. The Morgan fingerprint density at radius 1 is 0.963 bits per heavy atom. The molecule has 0 aliphatic carbocycles. The van der Waals surface area contributed by atoms with Crippen LogP contribution < -0.4 is 14.4 Å². The number of aldehydes is 1. The van der Waals surface area contributed by atoms with E-state index in [4.69, 9.17) is 9.47 Å². The third-order valence-electron chi connectivity index (χ3n) is 3.78. The maximum absolute atomic E-state index is 12.4. The fraction of sp³-hybridized carbons (Fsp3) is 0.571. The summed E-state index contributed by atoms with van der Waals surface area (Å²) >= 11 is 0. The van der Waals surface area contributed by atoms with Crippen molar-refractivity contribution in [3.63, 3.8) is 0 Å². The molecule has 1 aromatic carbocycles. The van der Waals surface area contributed by atoms with Crippen LogP contribution >= 0.6 is 0 Å². The largest absolute Gasteiger partial charge is 0.422 e. The van der Waals surface area contributed by atoms with E-state index < -0.39 is 22.8 Å². The molecule has 0 saturated carbocycles. The Hall–Kier alpha value is -2.37. The Kier molecular flexibility index (Phi) is 7.18. The third kappa shape index (κ3) is 6.38. The number of benzene rings is 1. The van der Waals surface area contributed by atoms with E-state index in [1.165, 1.54) is 0 Å². The lowest BCUT2D eigenvalue weighted by atomic mass is 9.97. The number of carbonyl (C=O) groups excluding carboxylic acids is 3. The first-order chi connectivity index (χ1) is 12.3. The molecule has 0 saturated heterocycles. The molecule has 6 heteroatoms. The van der Waals surface area contributed by atoms with Crippen LogP contribution in [-0.2, 0) is 14.4 Å². The van der Waals surface area contributed by atoms with E-state index in [9.17, 15) is 14.4 Å². The maximum atomic E-state index is 12.4. The van der Waals surface area contributed by atoms with E-state index in [0.717, 1.165) is 6.29 Å². The fourth-order valence-corrected chi connectivity index (χ4v) is 2.04. The van der Waals surface area contributed by atoms with Crippen LogP contribution in [-0.4, -0.2) is 30.8 Å². The molecule has 0 N–H and O–H groups in total. The van der Waals surface area contributed by atoms with Gasteiger partial charge in [0.2, 0.25) is 0 Å². The highest BCUT2D eigenvalue weighted by Crippen LogP contribution is 2.35. The van der Waals surface area contributed by atoms with Gasteiger partial charge in [-0.2, -0.15) is 0 Å². The zero-order chi connectivity index (χ0) is 21.0. The summed E-state index contributed by atoms with van der Waals surface area (Å²) in [7, 11) is 0. The van der Waals surface area contributed by atoms with Gasteiger partial charge in [-0.25, -0.2) is 0 Å². The number of ether oxygens (including phenoxy) is 2. The van der Waals surface area contributed by atoms with Crippen LogP contribution in [0.2, 0.25) is 0 Å². The molecule has 0 aliphatic heterocycles. The Morgan fingerprint density at radius 2 is 1.44 bits per heavy atom. The summed E-state index contributed by atoms with van der Waals surface area (Å²) < 4.78 is 11.0. The molecular weight excluding hydrogens is 346 g/mol. The summed E-state index contributed by atoms with van der Waals surface area (Å²) in [4.78, 5) is 37.5. The molecule has 0 aliphatic rings. The summed E-state index contributed by atoms with van der Waals surface area (Å²) in [6, 6.07) is 5.01. The normalized spacial score (nSPS) is 11.9. The Bertz CT molecular complexity index is 696.